The van der Waals surface area contributed by atoms with Crippen LogP contribution >= 0.6 is 0 Å². The van der Waals surface area contributed by atoms with Gasteiger partial charge in [0.25, 0.3) is 0 Å². The van der Waals surface area contributed by atoms with E-state index in [0.29, 0.717) is 17.7 Å². The van der Waals surface area contributed by atoms with Gasteiger partial charge in [0.15, 0.2) is 0 Å². The highest BCUT2D eigenvalue weighted by atomic mass is 16.5. The first kappa shape index (κ1) is 38.6. The van der Waals surface area contributed by atoms with E-state index in [2.05, 4.69) is 64.8 Å². The van der Waals surface area contributed by atoms with Gasteiger partial charge in [-0.05, 0) is 129 Å². The Kier molecular flexibility index (Phi) is 10.0. The molecule has 53 heavy (non-hydrogen) atoms. The van der Waals surface area contributed by atoms with Crippen molar-refractivity contribution in [1.29, 1.82) is 0 Å². The van der Waals surface area contributed by atoms with Gasteiger partial charge in [-0.25, -0.2) is 9.59 Å². The molecule has 0 unspecified atom stereocenters. The largest absolute Gasteiger partial charge is 0.478 e. The number of nitrogens with one attached hydrogen (secondary N) is 1. The zero-order valence-corrected chi connectivity index (χ0v) is 33.7. The predicted molar refractivity (Wildman–Crippen MR) is 207 cm³/mol. The Bertz CT molecular complexity index is 1630. The number of carboxylic acid groups (broad SMARTS) is 1. The van der Waals surface area contributed by atoms with Crippen molar-refractivity contribution in [2.24, 2.45) is 50.2 Å². The fourth-order valence-electron chi connectivity index (χ4n) is 13.4. The molecular weight excluding hydrogens is 665 g/mol. The zero-order chi connectivity index (χ0) is 38.0. The number of allylic oxidation sites excluding steroid dienone is 2. The number of esters is 1. The molecule has 292 valence electrons. The number of carbonyl (C=O) groups excluding carboxylic acids is 2. The molecule has 0 radical (unpaired) electrons. The van der Waals surface area contributed by atoms with Crippen LogP contribution in [0.5, 0.6) is 0 Å². The van der Waals surface area contributed by atoms with Crippen molar-refractivity contribution in [2.75, 3.05) is 39.4 Å². The van der Waals surface area contributed by atoms with Crippen LogP contribution < -0.4 is 5.32 Å². The molecule has 4 saturated carbocycles. The third kappa shape index (κ3) is 6.30. The Morgan fingerprint density at radius 3 is 2.30 bits per heavy atom. The Morgan fingerprint density at radius 2 is 1.58 bits per heavy atom. The second-order valence-electron chi connectivity index (χ2n) is 20.0. The number of rotatable bonds is 8. The molecule has 1 amide bonds. The number of amides is 1. The minimum Gasteiger partial charge on any atom is -0.478 e. The maximum atomic E-state index is 14.5. The molecule has 6 aliphatic rings. The van der Waals surface area contributed by atoms with Gasteiger partial charge in [0.1, 0.15) is 6.10 Å². The Morgan fingerprint density at radius 1 is 0.887 bits per heavy atom. The second-order valence-corrected chi connectivity index (χ2v) is 20.0. The molecular formula is C45H66N2O6. The Labute approximate surface area is 318 Å². The van der Waals surface area contributed by atoms with E-state index in [1.165, 1.54) is 6.07 Å². The van der Waals surface area contributed by atoms with Gasteiger partial charge in [0.05, 0.1) is 29.8 Å². The molecule has 1 aromatic rings. The molecule has 8 heteroatoms. The van der Waals surface area contributed by atoms with Crippen LogP contribution in [0.1, 0.15) is 140 Å². The lowest BCUT2D eigenvalue weighted by Crippen LogP contribution is -2.65. The van der Waals surface area contributed by atoms with Crippen LogP contribution in [-0.2, 0) is 14.3 Å². The molecule has 7 rings (SSSR count). The lowest BCUT2D eigenvalue weighted by molar-refractivity contribution is -0.204. The second kappa shape index (κ2) is 13.8. The number of benzene rings is 1. The standard InChI is InChI=1S/C45H66N2O6/c1-40(2)19-21-45(39(51)46-23-10-24-47-25-27-52-28-26-47)22-20-43(6)32(33(45)29-40)13-14-35-42(5)17-16-36(41(3,4)34(42)15-18-44(35,43)7)53-38(50)31-12-9-8-11-30(31)37(48)49/h8-9,11-13,33-36H,10,14-29H2,1-7H3,(H,46,51)(H,48,49)/t33-,34-,35+,36-,42-,43+,44+,45-/m0/s1. The van der Waals surface area contributed by atoms with Crippen LogP contribution in [0.2, 0.25) is 0 Å². The van der Waals surface area contributed by atoms with E-state index >= 15 is 0 Å². The molecule has 5 fully saturated rings. The van der Waals surface area contributed by atoms with Gasteiger partial charge in [-0.2, -0.15) is 0 Å². The molecule has 1 saturated heterocycles. The van der Waals surface area contributed by atoms with Gasteiger partial charge in [-0.1, -0.05) is 72.2 Å². The minimum atomic E-state index is -1.12. The first-order valence-corrected chi connectivity index (χ1v) is 20.8. The minimum absolute atomic E-state index is 0.0125. The summed E-state index contributed by atoms with van der Waals surface area (Å²) in [6, 6.07) is 6.38. The number of hydrogen-bond acceptors (Lipinski definition) is 6. The van der Waals surface area contributed by atoms with Gasteiger partial charge in [0, 0.05) is 25.0 Å². The van der Waals surface area contributed by atoms with Gasteiger partial charge in [-0.15, -0.1) is 0 Å². The highest BCUT2D eigenvalue weighted by Crippen LogP contribution is 2.76. The summed E-state index contributed by atoms with van der Waals surface area (Å²) in [5, 5.41) is 13.2. The van der Waals surface area contributed by atoms with Crippen molar-refractivity contribution in [3.05, 3.63) is 47.0 Å². The van der Waals surface area contributed by atoms with E-state index in [1.54, 1.807) is 23.8 Å². The molecule has 8 atom stereocenters. The average molecular weight is 731 g/mol. The molecule has 0 bridgehead atoms. The zero-order valence-electron chi connectivity index (χ0n) is 33.7. The van der Waals surface area contributed by atoms with Gasteiger partial charge in [0.2, 0.25) is 5.91 Å². The third-order valence-electron chi connectivity index (χ3n) is 16.7. The molecule has 0 spiro atoms. The summed E-state index contributed by atoms with van der Waals surface area (Å²) in [6.45, 7) is 22.4. The number of morpholine rings is 1. The third-order valence-corrected chi connectivity index (χ3v) is 16.7. The fraction of sp³-hybridized carbons (Fsp3) is 0.756. The van der Waals surface area contributed by atoms with Crippen molar-refractivity contribution in [2.45, 2.75) is 125 Å². The number of hydrogen-bond donors (Lipinski definition) is 2. The number of aromatic carboxylic acids is 1. The summed E-state index contributed by atoms with van der Waals surface area (Å²) < 4.78 is 11.8. The Balaban J connectivity index is 1.12. The average Bonchev–Trinajstić information content (AvgIpc) is 3.11. The number of carboxylic acids is 1. The van der Waals surface area contributed by atoms with Crippen LogP contribution in [0.15, 0.2) is 35.9 Å². The molecule has 1 aliphatic heterocycles. The highest BCUT2D eigenvalue weighted by Gasteiger charge is 2.69. The van der Waals surface area contributed by atoms with Crippen molar-refractivity contribution in [3.8, 4) is 0 Å². The highest BCUT2D eigenvalue weighted by molar-refractivity contribution is 6.02. The normalized spacial score (nSPS) is 38.9. The van der Waals surface area contributed by atoms with Crippen molar-refractivity contribution in [1.82, 2.24) is 10.2 Å². The summed E-state index contributed by atoms with van der Waals surface area (Å²) in [5.74, 6) is -0.226. The number of carbonyl (C=O) groups is 3. The lowest BCUT2D eigenvalue weighted by atomic mass is 9.33. The van der Waals surface area contributed by atoms with Crippen LogP contribution in [0, 0.1) is 50.2 Å². The van der Waals surface area contributed by atoms with Crippen molar-refractivity contribution < 1.29 is 29.0 Å². The van der Waals surface area contributed by atoms with E-state index in [1.807, 2.05) is 0 Å². The summed E-state index contributed by atoms with van der Waals surface area (Å²) in [4.78, 5) is 42.3. The van der Waals surface area contributed by atoms with Crippen LogP contribution in [-0.4, -0.2) is 73.3 Å². The van der Waals surface area contributed by atoms with Crippen molar-refractivity contribution >= 4 is 17.8 Å². The molecule has 0 aromatic heterocycles. The van der Waals surface area contributed by atoms with Crippen LogP contribution in [0.3, 0.4) is 0 Å². The number of fused-ring (bicyclic) bond motifs is 7. The SMILES string of the molecule is CC1(C)CC[C@]2(C(=O)NCCCN3CCOCC3)CC[C@]3(C)C(=CC[C@@H]4[C@@]5(C)CC[C@H](OC(=O)c6ccccc6C(=O)O)C(C)(C)[C@@H]5CC[C@]43C)[C@@H]2C1. The molecule has 8 nitrogen and oxygen atoms in total. The van der Waals surface area contributed by atoms with E-state index in [0.717, 1.165) is 110 Å². The van der Waals surface area contributed by atoms with Crippen LogP contribution in [0.4, 0.5) is 0 Å². The summed E-state index contributed by atoms with van der Waals surface area (Å²) >= 11 is 0. The molecule has 1 heterocycles. The van der Waals surface area contributed by atoms with Crippen molar-refractivity contribution in [3.63, 3.8) is 0 Å². The maximum Gasteiger partial charge on any atom is 0.339 e. The van der Waals surface area contributed by atoms with E-state index in [4.69, 9.17) is 9.47 Å². The van der Waals surface area contributed by atoms with E-state index in [9.17, 15) is 19.5 Å². The van der Waals surface area contributed by atoms with E-state index < -0.39 is 11.9 Å². The van der Waals surface area contributed by atoms with Gasteiger partial charge >= 0.3 is 11.9 Å². The number of nitrogens with zero attached hydrogens (tertiary/aromatic N) is 1. The molecule has 2 N–H and O–H groups in total. The maximum absolute atomic E-state index is 14.5. The first-order valence-electron chi connectivity index (χ1n) is 20.8. The monoisotopic (exact) mass is 730 g/mol. The smallest absolute Gasteiger partial charge is 0.339 e. The quantitative estimate of drug-likeness (QED) is 0.157. The predicted octanol–water partition coefficient (Wildman–Crippen LogP) is 8.55. The van der Waals surface area contributed by atoms with Gasteiger partial charge in [-0.3, -0.25) is 9.69 Å². The molecule has 5 aliphatic carbocycles. The Hall–Kier alpha value is -2.71. The fourth-order valence-corrected chi connectivity index (χ4v) is 13.4. The summed E-state index contributed by atoms with van der Waals surface area (Å²) in [5.41, 5.74) is 1.51. The number of ether oxygens (including phenoxy) is 2. The molecule has 1 aromatic carbocycles. The summed E-state index contributed by atoms with van der Waals surface area (Å²) in [6.07, 6.45) is 13.5. The van der Waals surface area contributed by atoms with E-state index in [-0.39, 0.29) is 55.6 Å². The lowest BCUT2D eigenvalue weighted by Gasteiger charge is -2.71. The topological polar surface area (TPSA) is 105 Å². The van der Waals surface area contributed by atoms with Gasteiger partial charge < -0.3 is 19.9 Å². The first-order chi connectivity index (χ1) is 25.0. The van der Waals surface area contributed by atoms with Crippen LogP contribution in [0.25, 0.3) is 0 Å². The summed E-state index contributed by atoms with van der Waals surface area (Å²) in [7, 11) is 0.